The van der Waals surface area contributed by atoms with E-state index in [1.807, 2.05) is 37.3 Å². The molecule has 0 spiro atoms. The molecule has 2 rings (SSSR count). The molecule has 0 saturated heterocycles. The second-order valence-electron chi connectivity index (χ2n) is 4.57. The molecule has 112 valence electrons. The van der Waals surface area contributed by atoms with Gasteiger partial charge in [0.25, 0.3) is 0 Å². The molecule has 1 nitrogen and oxygen atoms in total. The van der Waals surface area contributed by atoms with Crippen molar-refractivity contribution in [1.29, 1.82) is 0 Å². The van der Waals surface area contributed by atoms with Gasteiger partial charge in [-0.15, -0.1) is 6.58 Å². The molecule has 0 aliphatic carbocycles. The Morgan fingerprint density at radius 3 is 1.76 bits per heavy atom. The van der Waals surface area contributed by atoms with Gasteiger partial charge in [0.15, 0.2) is 5.78 Å². The number of rotatable bonds is 3. The van der Waals surface area contributed by atoms with Crippen molar-refractivity contribution in [3.8, 4) is 0 Å². The molecule has 0 N–H and O–H groups in total. The van der Waals surface area contributed by atoms with Crippen molar-refractivity contribution in [2.24, 2.45) is 0 Å². The maximum absolute atomic E-state index is 10.6. The predicted molar refractivity (Wildman–Crippen MR) is 92.8 cm³/mol. The lowest BCUT2D eigenvalue weighted by atomic mass is 10.1. The summed E-state index contributed by atoms with van der Waals surface area (Å²) in [5.41, 5.74) is 2.22. The van der Waals surface area contributed by atoms with Crippen LogP contribution in [0.2, 0.25) is 0 Å². The van der Waals surface area contributed by atoms with Crippen LogP contribution in [0.25, 0.3) is 0 Å². The summed E-state index contributed by atoms with van der Waals surface area (Å²) in [4.78, 5) is 10.6. The van der Waals surface area contributed by atoms with E-state index in [2.05, 4.69) is 43.8 Å². The summed E-state index contributed by atoms with van der Waals surface area (Å²) < 4.78 is 0. The van der Waals surface area contributed by atoms with Crippen LogP contribution in [0.4, 0.5) is 0 Å². The van der Waals surface area contributed by atoms with Crippen LogP contribution in [0.5, 0.6) is 0 Å². The molecule has 0 fully saturated rings. The minimum Gasteiger partial charge on any atom is -0.295 e. The van der Waals surface area contributed by atoms with Crippen molar-refractivity contribution in [2.75, 3.05) is 0 Å². The van der Waals surface area contributed by atoms with Crippen LogP contribution in [0.1, 0.15) is 43.1 Å². The molecule has 0 aliphatic heterocycles. The number of hydrogen-bond donors (Lipinski definition) is 0. The maximum Gasteiger partial charge on any atom is 0.159 e. The predicted octanol–water partition coefficient (Wildman–Crippen LogP) is 5.72. The van der Waals surface area contributed by atoms with Crippen molar-refractivity contribution in [2.45, 2.75) is 33.6 Å². The van der Waals surface area contributed by atoms with E-state index in [1.54, 1.807) is 13.0 Å². The van der Waals surface area contributed by atoms with E-state index >= 15 is 0 Å². The van der Waals surface area contributed by atoms with E-state index in [1.165, 1.54) is 18.4 Å². The average Bonchev–Trinajstić information content (AvgIpc) is 2.51. The molecule has 0 bridgehead atoms. The first kappa shape index (κ1) is 18.9. The summed E-state index contributed by atoms with van der Waals surface area (Å²) in [5.74, 6) is 0.121. The van der Waals surface area contributed by atoms with Gasteiger partial charge in [-0.3, -0.25) is 4.79 Å². The van der Waals surface area contributed by atoms with Gasteiger partial charge in [0.05, 0.1) is 0 Å². The molecule has 0 aliphatic rings. The van der Waals surface area contributed by atoms with E-state index in [0.717, 1.165) is 5.56 Å². The SMILES string of the molecule is C=CC.CC(=O)c1ccccc1.CCCc1ccccc1. The van der Waals surface area contributed by atoms with E-state index in [9.17, 15) is 4.79 Å². The number of Topliss-reactive ketones (excluding diaryl/α,β-unsaturated/α-hetero) is 1. The molecule has 2 aromatic carbocycles. The molecule has 0 atom stereocenters. The average molecular weight is 282 g/mol. The Bertz CT molecular complexity index is 486. The lowest BCUT2D eigenvalue weighted by Crippen LogP contribution is -1.88. The van der Waals surface area contributed by atoms with Crippen molar-refractivity contribution >= 4 is 5.78 Å². The zero-order valence-corrected chi connectivity index (χ0v) is 13.4. The van der Waals surface area contributed by atoms with Gasteiger partial charge < -0.3 is 0 Å². The molecule has 1 heteroatoms. The molecule has 0 radical (unpaired) electrons. The van der Waals surface area contributed by atoms with Crippen LogP contribution in [-0.2, 0) is 6.42 Å². The summed E-state index contributed by atoms with van der Waals surface area (Å²) in [6, 6.07) is 19.8. The first-order valence-electron chi connectivity index (χ1n) is 7.32. The monoisotopic (exact) mass is 282 g/mol. The highest BCUT2D eigenvalue weighted by Crippen LogP contribution is 2.00. The molecule has 0 saturated carbocycles. The van der Waals surface area contributed by atoms with E-state index in [-0.39, 0.29) is 5.78 Å². The highest BCUT2D eigenvalue weighted by atomic mass is 16.1. The van der Waals surface area contributed by atoms with Crippen molar-refractivity contribution in [3.05, 3.63) is 84.4 Å². The molecule has 2 aromatic rings. The van der Waals surface area contributed by atoms with Crippen molar-refractivity contribution in [3.63, 3.8) is 0 Å². The number of carbonyl (C=O) groups excluding carboxylic acids is 1. The summed E-state index contributed by atoms with van der Waals surface area (Å²) in [5, 5.41) is 0. The van der Waals surface area contributed by atoms with E-state index < -0.39 is 0 Å². The Labute approximate surface area is 129 Å². The Morgan fingerprint density at radius 1 is 1.00 bits per heavy atom. The summed E-state index contributed by atoms with van der Waals surface area (Å²) in [6.45, 7) is 9.02. The second kappa shape index (κ2) is 12.9. The molecule has 21 heavy (non-hydrogen) atoms. The van der Waals surface area contributed by atoms with Gasteiger partial charge in [-0.25, -0.2) is 0 Å². The number of benzene rings is 2. The van der Waals surface area contributed by atoms with Gasteiger partial charge in [0.1, 0.15) is 0 Å². The minimum absolute atomic E-state index is 0.121. The van der Waals surface area contributed by atoms with Gasteiger partial charge in [0, 0.05) is 5.56 Å². The summed E-state index contributed by atoms with van der Waals surface area (Å²) in [7, 11) is 0. The number of aryl methyl sites for hydroxylation is 1. The van der Waals surface area contributed by atoms with Crippen LogP contribution in [-0.4, -0.2) is 5.78 Å². The fourth-order valence-electron chi connectivity index (χ4n) is 1.61. The highest BCUT2D eigenvalue weighted by molar-refractivity contribution is 5.93. The smallest absolute Gasteiger partial charge is 0.159 e. The van der Waals surface area contributed by atoms with Crippen molar-refractivity contribution < 1.29 is 4.79 Å². The Hall–Kier alpha value is -2.15. The van der Waals surface area contributed by atoms with Gasteiger partial charge in [-0.2, -0.15) is 0 Å². The zero-order chi connectivity index (χ0) is 15.9. The number of hydrogen-bond acceptors (Lipinski definition) is 1. The lowest BCUT2D eigenvalue weighted by molar-refractivity contribution is 0.101. The normalized spacial score (nSPS) is 8.52. The van der Waals surface area contributed by atoms with Crippen LogP contribution < -0.4 is 0 Å². The standard InChI is InChI=1S/C9H12.C8H8O.C3H6/c1-2-6-9-7-4-3-5-8-9;1-7(9)8-5-3-2-4-6-8;1-3-2/h3-5,7-8H,2,6H2,1H3;2-6H,1H3;3H,1H2,2H3. The number of ketones is 1. The number of carbonyl (C=O) groups is 1. The van der Waals surface area contributed by atoms with Crippen LogP contribution in [0.3, 0.4) is 0 Å². The lowest BCUT2D eigenvalue weighted by Gasteiger charge is -1.93. The second-order valence-corrected chi connectivity index (χ2v) is 4.57. The fraction of sp³-hybridized carbons (Fsp3) is 0.250. The van der Waals surface area contributed by atoms with Gasteiger partial charge in [-0.05, 0) is 25.8 Å². The third-order valence-corrected chi connectivity index (χ3v) is 2.56. The van der Waals surface area contributed by atoms with Crippen LogP contribution in [0, 0.1) is 0 Å². The quantitative estimate of drug-likeness (QED) is 0.519. The molecular weight excluding hydrogens is 256 g/mol. The third-order valence-electron chi connectivity index (χ3n) is 2.56. The first-order valence-corrected chi connectivity index (χ1v) is 7.32. The molecule has 0 amide bonds. The van der Waals surface area contributed by atoms with E-state index in [0.29, 0.717) is 0 Å². The van der Waals surface area contributed by atoms with Crippen molar-refractivity contribution in [1.82, 2.24) is 0 Å². The van der Waals surface area contributed by atoms with Crippen LogP contribution >= 0.6 is 0 Å². The third kappa shape index (κ3) is 10.3. The summed E-state index contributed by atoms with van der Waals surface area (Å²) >= 11 is 0. The maximum atomic E-state index is 10.6. The van der Waals surface area contributed by atoms with Gasteiger partial charge >= 0.3 is 0 Å². The molecule has 0 unspecified atom stereocenters. The van der Waals surface area contributed by atoms with E-state index in [4.69, 9.17) is 0 Å². The van der Waals surface area contributed by atoms with Crippen LogP contribution in [0.15, 0.2) is 73.3 Å². The largest absolute Gasteiger partial charge is 0.295 e. The van der Waals surface area contributed by atoms with Gasteiger partial charge in [0.2, 0.25) is 0 Å². The molecular formula is C20H26O. The Balaban J connectivity index is 0.000000322. The highest BCUT2D eigenvalue weighted by Gasteiger charge is 1.92. The summed E-state index contributed by atoms with van der Waals surface area (Å²) in [6.07, 6.45) is 4.20. The topological polar surface area (TPSA) is 17.1 Å². The molecule has 0 aromatic heterocycles. The fourth-order valence-corrected chi connectivity index (χ4v) is 1.61. The Morgan fingerprint density at radius 2 is 1.43 bits per heavy atom. The molecule has 0 heterocycles. The first-order chi connectivity index (χ1) is 10.2. The Kier molecular flexibility index (Phi) is 11.5. The minimum atomic E-state index is 0.121. The zero-order valence-electron chi connectivity index (χ0n) is 13.4. The number of allylic oxidation sites excluding steroid dienone is 1. The van der Waals surface area contributed by atoms with Gasteiger partial charge in [-0.1, -0.05) is 80.1 Å².